The van der Waals surface area contributed by atoms with Gasteiger partial charge in [-0.05, 0) is 43.7 Å². The van der Waals surface area contributed by atoms with E-state index in [1.54, 1.807) is 11.8 Å². The Balaban J connectivity index is 1.81. The third-order valence-corrected chi connectivity index (χ3v) is 4.65. The van der Waals surface area contributed by atoms with Gasteiger partial charge in [0.1, 0.15) is 0 Å². The fourth-order valence-electron chi connectivity index (χ4n) is 2.30. The summed E-state index contributed by atoms with van der Waals surface area (Å²) in [5.74, 6) is 0.0486. The Labute approximate surface area is 125 Å². The fraction of sp³-hybridized carbons (Fsp3) is 0.562. The largest absolute Gasteiger partial charge is 0.374 e. The molecule has 20 heavy (non-hydrogen) atoms. The molecule has 110 valence electrons. The lowest BCUT2D eigenvalue weighted by atomic mass is 10.2. The van der Waals surface area contributed by atoms with Gasteiger partial charge in [0.15, 0.2) is 0 Å². The second kappa shape index (κ2) is 7.70. The molecule has 3 nitrogen and oxygen atoms in total. The summed E-state index contributed by atoms with van der Waals surface area (Å²) < 4.78 is 5.87. The van der Waals surface area contributed by atoms with E-state index in [4.69, 9.17) is 4.74 Å². The van der Waals surface area contributed by atoms with Gasteiger partial charge in [0.2, 0.25) is 5.91 Å². The zero-order valence-corrected chi connectivity index (χ0v) is 13.0. The van der Waals surface area contributed by atoms with Gasteiger partial charge >= 0.3 is 0 Å². The van der Waals surface area contributed by atoms with Gasteiger partial charge in [-0.1, -0.05) is 25.0 Å². The van der Waals surface area contributed by atoms with E-state index in [9.17, 15) is 4.79 Å². The highest BCUT2D eigenvalue weighted by Gasteiger charge is 2.15. The van der Waals surface area contributed by atoms with E-state index in [1.807, 2.05) is 37.4 Å². The Kier molecular flexibility index (Phi) is 5.92. The molecule has 1 aliphatic rings. The molecule has 1 saturated carbocycles. The van der Waals surface area contributed by atoms with Crippen molar-refractivity contribution in [2.45, 2.75) is 50.6 Å². The summed E-state index contributed by atoms with van der Waals surface area (Å²) in [5.41, 5.74) is 2.01. The molecular weight excluding hydrogens is 270 g/mol. The summed E-state index contributed by atoms with van der Waals surface area (Å²) in [6.45, 7) is 2.57. The molecule has 0 bridgehead atoms. The molecule has 0 aliphatic heterocycles. The van der Waals surface area contributed by atoms with Gasteiger partial charge in [-0.2, -0.15) is 11.8 Å². The summed E-state index contributed by atoms with van der Waals surface area (Å²) in [5, 5.41) is 2.89. The number of thioether (sulfide) groups is 1. The highest BCUT2D eigenvalue weighted by atomic mass is 32.2. The smallest absolute Gasteiger partial charge is 0.237 e. The molecule has 1 N–H and O–H groups in total. The molecule has 4 heteroatoms. The van der Waals surface area contributed by atoms with Crippen LogP contribution in [0.1, 0.15) is 38.2 Å². The number of hydrogen-bond acceptors (Lipinski definition) is 3. The van der Waals surface area contributed by atoms with Crippen molar-refractivity contribution in [3.63, 3.8) is 0 Å². The van der Waals surface area contributed by atoms with Crippen molar-refractivity contribution >= 4 is 23.4 Å². The first-order valence-electron chi connectivity index (χ1n) is 7.23. The minimum atomic E-state index is -0.0274. The van der Waals surface area contributed by atoms with Crippen molar-refractivity contribution < 1.29 is 9.53 Å². The average molecular weight is 293 g/mol. The SMILES string of the molecule is CS[C@@H](C)C(=O)Nc1ccc(COC2CCCC2)cc1. The van der Waals surface area contributed by atoms with Crippen LogP contribution in [0.4, 0.5) is 5.69 Å². The molecule has 0 unspecified atom stereocenters. The molecule has 1 atom stereocenters. The van der Waals surface area contributed by atoms with Crippen molar-refractivity contribution in [3.05, 3.63) is 29.8 Å². The first kappa shape index (κ1) is 15.4. The summed E-state index contributed by atoms with van der Waals surface area (Å²) in [6.07, 6.45) is 7.36. The third-order valence-electron chi connectivity index (χ3n) is 3.73. The summed E-state index contributed by atoms with van der Waals surface area (Å²) in [7, 11) is 0. The molecule has 1 aromatic rings. The van der Waals surface area contributed by atoms with E-state index >= 15 is 0 Å². The zero-order valence-electron chi connectivity index (χ0n) is 12.2. The molecular formula is C16H23NO2S. The molecule has 1 aliphatic carbocycles. The molecule has 0 heterocycles. The topological polar surface area (TPSA) is 38.3 Å². The molecule has 2 rings (SSSR count). The highest BCUT2D eigenvalue weighted by Crippen LogP contribution is 2.22. The van der Waals surface area contributed by atoms with E-state index in [1.165, 1.54) is 25.7 Å². The molecule has 0 spiro atoms. The normalized spacial score (nSPS) is 17.1. The summed E-state index contributed by atoms with van der Waals surface area (Å²) >= 11 is 1.55. The highest BCUT2D eigenvalue weighted by molar-refractivity contribution is 7.99. The molecule has 1 aromatic carbocycles. The third kappa shape index (κ3) is 4.53. The van der Waals surface area contributed by atoms with E-state index in [2.05, 4.69) is 5.32 Å². The van der Waals surface area contributed by atoms with Crippen LogP contribution in [-0.2, 0) is 16.1 Å². The average Bonchev–Trinajstić information content (AvgIpc) is 2.99. The van der Waals surface area contributed by atoms with E-state index < -0.39 is 0 Å². The van der Waals surface area contributed by atoms with Crippen LogP contribution in [0.25, 0.3) is 0 Å². The molecule has 0 radical (unpaired) electrons. The minimum absolute atomic E-state index is 0.0274. The number of carbonyl (C=O) groups is 1. The van der Waals surface area contributed by atoms with Gasteiger partial charge < -0.3 is 10.1 Å². The van der Waals surface area contributed by atoms with Gasteiger partial charge in [0.25, 0.3) is 0 Å². The van der Waals surface area contributed by atoms with E-state index in [0.29, 0.717) is 12.7 Å². The van der Waals surface area contributed by atoms with Gasteiger partial charge in [0.05, 0.1) is 18.0 Å². The Morgan fingerprint density at radius 1 is 1.35 bits per heavy atom. The van der Waals surface area contributed by atoms with Crippen LogP contribution < -0.4 is 5.32 Å². The quantitative estimate of drug-likeness (QED) is 0.866. The maximum Gasteiger partial charge on any atom is 0.237 e. The van der Waals surface area contributed by atoms with Gasteiger partial charge in [-0.3, -0.25) is 4.79 Å². The van der Waals surface area contributed by atoms with Gasteiger partial charge in [-0.25, -0.2) is 0 Å². The van der Waals surface area contributed by atoms with Crippen LogP contribution >= 0.6 is 11.8 Å². The summed E-state index contributed by atoms with van der Waals surface area (Å²) in [4.78, 5) is 11.8. The number of rotatable bonds is 6. The van der Waals surface area contributed by atoms with Crippen LogP contribution in [-0.4, -0.2) is 23.5 Å². The van der Waals surface area contributed by atoms with Crippen LogP contribution in [0, 0.1) is 0 Å². The van der Waals surface area contributed by atoms with Crippen molar-refractivity contribution in [2.75, 3.05) is 11.6 Å². The summed E-state index contributed by atoms with van der Waals surface area (Å²) in [6, 6.07) is 7.93. The van der Waals surface area contributed by atoms with Crippen LogP contribution in [0.3, 0.4) is 0 Å². The number of carbonyl (C=O) groups excluding carboxylic acids is 1. The van der Waals surface area contributed by atoms with Crippen LogP contribution in [0.15, 0.2) is 24.3 Å². The van der Waals surface area contributed by atoms with Crippen molar-refractivity contribution in [2.24, 2.45) is 0 Å². The standard InChI is InChI=1S/C16H23NO2S/c1-12(20-2)16(18)17-14-9-7-13(8-10-14)11-19-15-5-3-4-6-15/h7-10,12,15H,3-6,11H2,1-2H3,(H,17,18)/t12-/m0/s1. The van der Waals surface area contributed by atoms with E-state index in [0.717, 1.165) is 11.3 Å². The van der Waals surface area contributed by atoms with Crippen LogP contribution in [0.2, 0.25) is 0 Å². The Morgan fingerprint density at radius 2 is 2.00 bits per heavy atom. The minimum Gasteiger partial charge on any atom is -0.374 e. The van der Waals surface area contributed by atoms with Crippen molar-refractivity contribution in [1.82, 2.24) is 0 Å². The van der Waals surface area contributed by atoms with Crippen molar-refractivity contribution in [1.29, 1.82) is 0 Å². The first-order chi connectivity index (χ1) is 9.69. The number of anilines is 1. The lowest BCUT2D eigenvalue weighted by Gasteiger charge is -2.12. The number of hydrogen-bond donors (Lipinski definition) is 1. The zero-order chi connectivity index (χ0) is 14.4. The number of amides is 1. The van der Waals surface area contributed by atoms with Crippen LogP contribution in [0.5, 0.6) is 0 Å². The number of ether oxygens (including phenoxy) is 1. The van der Waals surface area contributed by atoms with Crippen molar-refractivity contribution in [3.8, 4) is 0 Å². The van der Waals surface area contributed by atoms with Gasteiger partial charge in [0, 0.05) is 5.69 Å². The monoisotopic (exact) mass is 293 g/mol. The second-order valence-electron chi connectivity index (χ2n) is 5.28. The molecule has 1 amide bonds. The molecule has 0 saturated heterocycles. The molecule has 1 fully saturated rings. The first-order valence-corrected chi connectivity index (χ1v) is 8.52. The Hall–Kier alpha value is -1.00. The predicted octanol–water partition coefficient (Wildman–Crippen LogP) is 3.84. The Bertz CT molecular complexity index is 427. The van der Waals surface area contributed by atoms with E-state index in [-0.39, 0.29) is 11.2 Å². The maximum atomic E-state index is 11.8. The predicted molar refractivity (Wildman–Crippen MR) is 85.1 cm³/mol. The maximum absolute atomic E-state index is 11.8. The lowest BCUT2D eigenvalue weighted by Crippen LogP contribution is -2.21. The van der Waals surface area contributed by atoms with Gasteiger partial charge in [-0.15, -0.1) is 0 Å². The lowest BCUT2D eigenvalue weighted by molar-refractivity contribution is -0.115. The fourth-order valence-corrected chi connectivity index (χ4v) is 2.58. The second-order valence-corrected chi connectivity index (χ2v) is 6.46. The number of nitrogens with one attached hydrogen (secondary N) is 1. The Morgan fingerprint density at radius 3 is 2.60 bits per heavy atom. The number of benzene rings is 1. The molecule has 0 aromatic heterocycles.